The Kier molecular flexibility index (Phi) is 3.79. The SMILES string of the molecule is Cc1cccc(C[C@@H](C(=O)O)N2CCCC2)c1. The summed E-state index contributed by atoms with van der Waals surface area (Å²) in [7, 11) is 0. The van der Waals surface area contributed by atoms with Crippen LogP contribution in [0.3, 0.4) is 0 Å². The second-order valence-electron chi connectivity index (χ2n) is 4.79. The van der Waals surface area contributed by atoms with Crippen LogP contribution in [0.1, 0.15) is 24.0 Å². The van der Waals surface area contributed by atoms with E-state index in [1.165, 1.54) is 5.56 Å². The molecule has 1 aromatic rings. The molecule has 3 nitrogen and oxygen atoms in total. The van der Waals surface area contributed by atoms with Gasteiger partial charge in [-0.25, -0.2) is 0 Å². The summed E-state index contributed by atoms with van der Waals surface area (Å²) >= 11 is 0. The third-order valence-corrected chi connectivity index (χ3v) is 3.38. The highest BCUT2D eigenvalue weighted by Gasteiger charge is 2.27. The van der Waals surface area contributed by atoms with Gasteiger partial charge in [0.15, 0.2) is 0 Å². The van der Waals surface area contributed by atoms with E-state index in [1.54, 1.807) is 0 Å². The second-order valence-corrected chi connectivity index (χ2v) is 4.79. The van der Waals surface area contributed by atoms with E-state index in [-0.39, 0.29) is 6.04 Å². The normalized spacial score (nSPS) is 18.2. The Bertz CT molecular complexity index is 397. The number of carboxylic acids is 1. The van der Waals surface area contributed by atoms with Crippen molar-refractivity contribution in [3.8, 4) is 0 Å². The van der Waals surface area contributed by atoms with Crippen molar-refractivity contribution in [3.63, 3.8) is 0 Å². The third kappa shape index (κ3) is 3.07. The van der Waals surface area contributed by atoms with Crippen LogP contribution in [0.25, 0.3) is 0 Å². The van der Waals surface area contributed by atoms with E-state index in [9.17, 15) is 9.90 Å². The molecule has 0 unspecified atom stereocenters. The largest absolute Gasteiger partial charge is 0.480 e. The summed E-state index contributed by atoms with van der Waals surface area (Å²) in [6.07, 6.45) is 2.85. The number of aryl methyl sites for hydroxylation is 1. The summed E-state index contributed by atoms with van der Waals surface area (Å²) < 4.78 is 0. The molecule has 1 aliphatic heterocycles. The van der Waals surface area contributed by atoms with Gasteiger partial charge in [-0.15, -0.1) is 0 Å². The van der Waals surface area contributed by atoms with E-state index in [0.29, 0.717) is 6.42 Å². The molecule has 1 fully saturated rings. The van der Waals surface area contributed by atoms with Crippen LogP contribution in [-0.2, 0) is 11.2 Å². The van der Waals surface area contributed by atoms with Gasteiger partial charge in [0.2, 0.25) is 0 Å². The van der Waals surface area contributed by atoms with Crippen molar-refractivity contribution >= 4 is 5.97 Å². The van der Waals surface area contributed by atoms with Gasteiger partial charge in [-0.05, 0) is 44.8 Å². The molecule has 17 heavy (non-hydrogen) atoms. The van der Waals surface area contributed by atoms with Crippen LogP contribution >= 0.6 is 0 Å². The lowest BCUT2D eigenvalue weighted by Crippen LogP contribution is -2.40. The smallest absolute Gasteiger partial charge is 0.321 e. The molecule has 0 spiro atoms. The summed E-state index contributed by atoms with van der Waals surface area (Å²) in [4.78, 5) is 13.4. The molecule has 1 aromatic carbocycles. The lowest BCUT2D eigenvalue weighted by molar-refractivity contribution is -0.142. The van der Waals surface area contributed by atoms with E-state index in [0.717, 1.165) is 31.5 Å². The Morgan fingerprint density at radius 3 is 2.71 bits per heavy atom. The summed E-state index contributed by atoms with van der Waals surface area (Å²) in [5, 5.41) is 9.32. The summed E-state index contributed by atoms with van der Waals surface area (Å²) in [5.74, 6) is -0.701. The fraction of sp³-hybridized carbons (Fsp3) is 0.500. The van der Waals surface area contributed by atoms with Crippen LogP contribution in [0.2, 0.25) is 0 Å². The first-order valence-electron chi connectivity index (χ1n) is 6.19. The lowest BCUT2D eigenvalue weighted by atomic mass is 10.0. The Labute approximate surface area is 102 Å². The zero-order valence-electron chi connectivity index (χ0n) is 10.2. The molecule has 1 saturated heterocycles. The molecule has 1 heterocycles. The number of carboxylic acid groups (broad SMARTS) is 1. The van der Waals surface area contributed by atoms with Crippen LogP contribution in [-0.4, -0.2) is 35.1 Å². The van der Waals surface area contributed by atoms with Gasteiger partial charge in [-0.1, -0.05) is 29.8 Å². The monoisotopic (exact) mass is 233 g/mol. The fourth-order valence-electron chi connectivity index (χ4n) is 2.49. The molecular formula is C14H19NO2. The fourth-order valence-corrected chi connectivity index (χ4v) is 2.49. The number of hydrogen-bond donors (Lipinski definition) is 1. The zero-order valence-corrected chi connectivity index (χ0v) is 10.2. The zero-order chi connectivity index (χ0) is 12.3. The topological polar surface area (TPSA) is 40.5 Å². The lowest BCUT2D eigenvalue weighted by Gasteiger charge is -2.23. The molecule has 0 aromatic heterocycles. The molecule has 0 amide bonds. The molecule has 1 aliphatic rings. The molecule has 1 N–H and O–H groups in total. The van der Waals surface area contributed by atoms with E-state index >= 15 is 0 Å². The number of rotatable bonds is 4. The number of benzene rings is 1. The maximum Gasteiger partial charge on any atom is 0.321 e. The van der Waals surface area contributed by atoms with E-state index in [2.05, 4.69) is 11.0 Å². The quantitative estimate of drug-likeness (QED) is 0.865. The highest BCUT2D eigenvalue weighted by atomic mass is 16.4. The molecule has 1 atom stereocenters. The van der Waals surface area contributed by atoms with Crippen LogP contribution in [0, 0.1) is 6.92 Å². The van der Waals surface area contributed by atoms with E-state index in [1.807, 2.05) is 25.1 Å². The summed E-state index contributed by atoms with van der Waals surface area (Å²) in [6.45, 7) is 3.88. The van der Waals surface area contributed by atoms with Gasteiger partial charge >= 0.3 is 5.97 Å². The Morgan fingerprint density at radius 2 is 2.12 bits per heavy atom. The maximum atomic E-state index is 11.3. The number of nitrogens with zero attached hydrogens (tertiary/aromatic N) is 1. The molecule has 0 bridgehead atoms. The van der Waals surface area contributed by atoms with Crippen LogP contribution in [0.4, 0.5) is 0 Å². The predicted molar refractivity (Wildman–Crippen MR) is 67.1 cm³/mol. The number of carbonyl (C=O) groups is 1. The van der Waals surface area contributed by atoms with Crippen molar-refractivity contribution in [2.24, 2.45) is 0 Å². The second kappa shape index (κ2) is 5.32. The highest BCUT2D eigenvalue weighted by Crippen LogP contribution is 2.16. The van der Waals surface area contributed by atoms with Crippen LogP contribution in [0.5, 0.6) is 0 Å². The van der Waals surface area contributed by atoms with Gasteiger partial charge in [-0.3, -0.25) is 9.69 Å². The highest BCUT2D eigenvalue weighted by molar-refractivity contribution is 5.74. The summed E-state index contributed by atoms with van der Waals surface area (Å²) in [6, 6.07) is 7.76. The molecule has 0 aliphatic carbocycles. The Hall–Kier alpha value is -1.35. The molecule has 92 valence electrons. The van der Waals surface area contributed by atoms with Crippen molar-refractivity contribution in [1.82, 2.24) is 4.90 Å². The minimum Gasteiger partial charge on any atom is -0.480 e. The molecule has 3 heteroatoms. The minimum atomic E-state index is -0.701. The van der Waals surface area contributed by atoms with Crippen molar-refractivity contribution in [3.05, 3.63) is 35.4 Å². The Balaban J connectivity index is 2.09. The van der Waals surface area contributed by atoms with Crippen molar-refractivity contribution in [2.45, 2.75) is 32.2 Å². The van der Waals surface area contributed by atoms with Crippen LogP contribution < -0.4 is 0 Å². The minimum absolute atomic E-state index is 0.362. The van der Waals surface area contributed by atoms with Gasteiger partial charge in [0.25, 0.3) is 0 Å². The van der Waals surface area contributed by atoms with Crippen molar-refractivity contribution in [2.75, 3.05) is 13.1 Å². The Morgan fingerprint density at radius 1 is 1.41 bits per heavy atom. The first-order chi connectivity index (χ1) is 8.16. The van der Waals surface area contributed by atoms with Gasteiger partial charge in [0, 0.05) is 0 Å². The third-order valence-electron chi connectivity index (χ3n) is 3.38. The number of aliphatic carboxylic acids is 1. The van der Waals surface area contributed by atoms with Gasteiger partial charge in [-0.2, -0.15) is 0 Å². The molecule has 2 rings (SSSR count). The maximum absolute atomic E-state index is 11.3. The van der Waals surface area contributed by atoms with Gasteiger partial charge < -0.3 is 5.11 Å². The van der Waals surface area contributed by atoms with Gasteiger partial charge in [0.1, 0.15) is 6.04 Å². The van der Waals surface area contributed by atoms with Crippen molar-refractivity contribution in [1.29, 1.82) is 0 Å². The van der Waals surface area contributed by atoms with E-state index < -0.39 is 5.97 Å². The average molecular weight is 233 g/mol. The summed E-state index contributed by atoms with van der Waals surface area (Å²) in [5.41, 5.74) is 2.30. The first kappa shape index (κ1) is 12.1. The number of hydrogen-bond acceptors (Lipinski definition) is 2. The van der Waals surface area contributed by atoms with Gasteiger partial charge in [0.05, 0.1) is 0 Å². The predicted octanol–water partition coefficient (Wildman–Crippen LogP) is 2.09. The van der Waals surface area contributed by atoms with Crippen molar-refractivity contribution < 1.29 is 9.90 Å². The molecule has 0 saturated carbocycles. The number of likely N-dealkylation sites (tertiary alicyclic amines) is 1. The molecule has 0 radical (unpaired) electrons. The molecular weight excluding hydrogens is 214 g/mol. The average Bonchev–Trinajstić information content (AvgIpc) is 2.78. The first-order valence-corrected chi connectivity index (χ1v) is 6.19. The van der Waals surface area contributed by atoms with E-state index in [4.69, 9.17) is 0 Å². The van der Waals surface area contributed by atoms with Crippen LogP contribution in [0.15, 0.2) is 24.3 Å². The standard InChI is InChI=1S/C14H19NO2/c1-11-5-4-6-12(9-11)10-13(14(16)17)15-7-2-3-8-15/h4-6,9,13H,2-3,7-8,10H2,1H3,(H,16,17)/t13-/m0/s1.